The van der Waals surface area contributed by atoms with Crippen molar-refractivity contribution >= 4 is 11.8 Å². The summed E-state index contributed by atoms with van der Waals surface area (Å²) in [6, 6.07) is 5.59. The van der Waals surface area contributed by atoms with E-state index in [9.17, 15) is 10.1 Å². The molecule has 2 saturated heterocycles. The fraction of sp³-hybridized carbons (Fsp3) is 0.500. The van der Waals surface area contributed by atoms with Gasteiger partial charge in [-0.2, -0.15) is 10.2 Å². The van der Waals surface area contributed by atoms with Crippen LogP contribution in [0.3, 0.4) is 0 Å². The van der Waals surface area contributed by atoms with E-state index in [4.69, 9.17) is 8.83 Å². The minimum Gasteiger partial charge on any atom is -0.459 e. The highest BCUT2D eigenvalue weighted by Crippen LogP contribution is 2.31. The number of likely N-dealkylation sites (tertiary alicyclic amines) is 1. The van der Waals surface area contributed by atoms with E-state index in [1.165, 1.54) is 0 Å². The first-order valence-electron chi connectivity index (χ1n) is 8.75. The van der Waals surface area contributed by atoms with Crippen LogP contribution in [0.25, 0.3) is 11.7 Å². The van der Waals surface area contributed by atoms with Gasteiger partial charge in [-0.3, -0.25) is 4.79 Å². The maximum absolute atomic E-state index is 12.5. The summed E-state index contributed by atoms with van der Waals surface area (Å²) in [5.41, 5.74) is 0.260. The Kier molecular flexibility index (Phi) is 4.18. The second-order valence-electron chi connectivity index (χ2n) is 6.56. The van der Waals surface area contributed by atoms with E-state index in [2.05, 4.69) is 11.1 Å². The summed E-state index contributed by atoms with van der Waals surface area (Å²) < 4.78 is 11.1. The van der Waals surface area contributed by atoms with Gasteiger partial charge >= 0.3 is 0 Å². The second kappa shape index (κ2) is 6.63. The van der Waals surface area contributed by atoms with Crippen molar-refractivity contribution in [2.24, 2.45) is 5.92 Å². The molecule has 7 heteroatoms. The molecule has 1 amide bonds. The fourth-order valence-corrected chi connectivity index (χ4v) is 3.63. The van der Waals surface area contributed by atoms with Crippen LogP contribution in [0.4, 0.5) is 5.88 Å². The highest BCUT2D eigenvalue weighted by Gasteiger charge is 2.32. The number of nitrogens with zero attached hydrogens (tertiary/aromatic N) is 4. The van der Waals surface area contributed by atoms with Gasteiger partial charge in [0.2, 0.25) is 17.5 Å². The van der Waals surface area contributed by atoms with E-state index >= 15 is 0 Å². The molecule has 2 aliphatic rings. The lowest BCUT2D eigenvalue weighted by molar-refractivity contribution is -0.135. The average molecular weight is 340 g/mol. The quantitative estimate of drug-likeness (QED) is 0.854. The van der Waals surface area contributed by atoms with Gasteiger partial charge in [0, 0.05) is 32.1 Å². The Bertz CT molecular complexity index is 776. The Hall–Kier alpha value is -2.75. The molecule has 2 aromatic rings. The number of oxazole rings is 1. The summed E-state index contributed by atoms with van der Waals surface area (Å²) in [5, 5.41) is 9.35. The van der Waals surface area contributed by atoms with E-state index in [1.807, 2.05) is 9.80 Å². The number of hydrogen-bond donors (Lipinski definition) is 0. The number of carbonyl (C=O) groups is 1. The molecule has 0 saturated carbocycles. The van der Waals surface area contributed by atoms with Crippen LogP contribution < -0.4 is 4.90 Å². The maximum atomic E-state index is 12.5. The Balaban J connectivity index is 1.45. The number of rotatable bonds is 3. The fourth-order valence-electron chi connectivity index (χ4n) is 3.63. The molecule has 0 atom stereocenters. The van der Waals surface area contributed by atoms with Crippen LogP contribution in [0, 0.1) is 17.2 Å². The Labute approximate surface area is 145 Å². The molecule has 0 unspecified atom stereocenters. The summed E-state index contributed by atoms with van der Waals surface area (Å²) in [6.07, 6.45) is 5.32. The Morgan fingerprint density at radius 2 is 2.00 bits per heavy atom. The molecule has 130 valence electrons. The molecule has 7 nitrogen and oxygen atoms in total. The van der Waals surface area contributed by atoms with Gasteiger partial charge in [0.05, 0.1) is 6.26 Å². The van der Waals surface area contributed by atoms with Crippen LogP contribution in [0.1, 0.15) is 31.4 Å². The molecule has 2 fully saturated rings. The SMILES string of the molecule is N#Cc1nc(-c2ccco2)oc1N1CCC(C(=O)N2CCCC2)CC1. The third kappa shape index (κ3) is 3.00. The van der Waals surface area contributed by atoms with Crippen molar-refractivity contribution in [2.45, 2.75) is 25.7 Å². The summed E-state index contributed by atoms with van der Waals surface area (Å²) in [7, 11) is 0. The molecule has 0 bridgehead atoms. The van der Waals surface area contributed by atoms with Crippen molar-refractivity contribution < 1.29 is 13.6 Å². The third-order valence-electron chi connectivity index (χ3n) is 5.00. The van der Waals surface area contributed by atoms with E-state index in [1.54, 1.807) is 18.4 Å². The molecule has 0 spiro atoms. The number of amides is 1. The predicted molar refractivity (Wildman–Crippen MR) is 89.7 cm³/mol. The van der Waals surface area contributed by atoms with Crippen molar-refractivity contribution in [3.63, 3.8) is 0 Å². The first-order chi connectivity index (χ1) is 12.3. The zero-order valence-electron chi connectivity index (χ0n) is 14.0. The van der Waals surface area contributed by atoms with Gasteiger partial charge in [-0.1, -0.05) is 0 Å². The summed E-state index contributed by atoms with van der Waals surface area (Å²) in [5.74, 6) is 1.65. The largest absolute Gasteiger partial charge is 0.459 e. The molecule has 2 aliphatic heterocycles. The van der Waals surface area contributed by atoms with Gasteiger partial charge in [-0.05, 0) is 37.8 Å². The van der Waals surface area contributed by atoms with E-state index in [0.717, 1.165) is 38.8 Å². The third-order valence-corrected chi connectivity index (χ3v) is 5.00. The van der Waals surface area contributed by atoms with Gasteiger partial charge in [-0.25, -0.2) is 0 Å². The van der Waals surface area contributed by atoms with Gasteiger partial charge in [0.25, 0.3) is 5.89 Å². The van der Waals surface area contributed by atoms with Crippen LogP contribution >= 0.6 is 0 Å². The van der Waals surface area contributed by atoms with Crippen LogP contribution in [0.2, 0.25) is 0 Å². The lowest BCUT2D eigenvalue weighted by Crippen LogP contribution is -2.41. The second-order valence-corrected chi connectivity index (χ2v) is 6.56. The highest BCUT2D eigenvalue weighted by molar-refractivity contribution is 5.79. The Morgan fingerprint density at radius 3 is 2.64 bits per heavy atom. The average Bonchev–Trinajstić information content (AvgIpc) is 3.42. The molecular weight excluding hydrogens is 320 g/mol. The van der Waals surface area contributed by atoms with Crippen LogP contribution in [0.15, 0.2) is 27.2 Å². The Morgan fingerprint density at radius 1 is 1.24 bits per heavy atom. The molecule has 0 N–H and O–H groups in total. The van der Waals surface area contributed by atoms with Gasteiger partial charge in [-0.15, -0.1) is 0 Å². The maximum Gasteiger partial charge on any atom is 0.266 e. The first kappa shape index (κ1) is 15.8. The molecule has 0 radical (unpaired) electrons. The topological polar surface area (TPSA) is 86.5 Å². The molecule has 4 rings (SSSR count). The van der Waals surface area contributed by atoms with E-state index < -0.39 is 0 Å². The summed E-state index contributed by atoms with van der Waals surface area (Å²) in [4.78, 5) is 20.8. The number of anilines is 1. The molecule has 2 aromatic heterocycles. The number of piperidine rings is 1. The van der Waals surface area contributed by atoms with Crippen molar-refractivity contribution in [3.05, 3.63) is 24.1 Å². The van der Waals surface area contributed by atoms with Crippen LogP contribution in [-0.2, 0) is 4.79 Å². The van der Waals surface area contributed by atoms with Gasteiger partial charge in [0.1, 0.15) is 6.07 Å². The number of hydrogen-bond acceptors (Lipinski definition) is 6. The molecule has 0 aliphatic carbocycles. The smallest absolute Gasteiger partial charge is 0.266 e. The molecule has 0 aromatic carbocycles. The lowest BCUT2D eigenvalue weighted by Gasteiger charge is -2.32. The predicted octanol–water partition coefficient (Wildman–Crippen LogP) is 2.65. The number of aromatic nitrogens is 1. The number of nitriles is 1. The summed E-state index contributed by atoms with van der Waals surface area (Å²) >= 11 is 0. The monoisotopic (exact) mass is 340 g/mol. The van der Waals surface area contributed by atoms with Crippen molar-refractivity contribution in [3.8, 4) is 17.7 Å². The normalized spacial score (nSPS) is 18.5. The van der Waals surface area contributed by atoms with E-state index in [-0.39, 0.29) is 17.5 Å². The van der Waals surface area contributed by atoms with Gasteiger partial charge < -0.3 is 18.6 Å². The zero-order valence-corrected chi connectivity index (χ0v) is 14.0. The number of carbonyl (C=O) groups excluding carboxylic acids is 1. The minimum atomic E-state index is 0.0763. The van der Waals surface area contributed by atoms with Gasteiger partial charge in [0.15, 0.2) is 5.76 Å². The van der Waals surface area contributed by atoms with E-state index in [0.29, 0.717) is 30.6 Å². The van der Waals surface area contributed by atoms with Crippen molar-refractivity contribution in [2.75, 3.05) is 31.1 Å². The number of furan rings is 1. The van der Waals surface area contributed by atoms with Crippen molar-refractivity contribution in [1.82, 2.24) is 9.88 Å². The minimum absolute atomic E-state index is 0.0763. The van der Waals surface area contributed by atoms with Crippen LogP contribution in [0.5, 0.6) is 0 Å². The first-order valence-corrected chi connectivity index (χ1v) is 8.75. The van der Waals surface area contributed by atoms with Crippen LogP contribution in [-0.4, -0.2) is 42.0 Å². The van der Waals surface area contributed by atoms with Crippen molar-refractivity contribution in [1.29, 1.82) is 5.26 Å². The lowest BCUT2D eigenvalue weighted by atomic mass is 9.95. The zero-order chi connectivity index (χ0) is 17.2. The molecular formula is C18H20N4O3. The summed E-state index contributed by atoms with van der Waals surface area (Å²) in [6.45, 7) is 3.16. The molecule has 25 heavy (non-hydrogen) atoms. The highest BCUT2D eigenvalue weighted by atomic mass is 16.4. The standard InChI is InChI=1S/C18H20N4O3/c19-12-14-18(25-16(20-14)15-4-3-11-24-15)22-9-5-13(6-10-22)17(23)21-7-1-2-8-21/h3-4,11,13H,1-2,5-10H2. The molecule has 4 heterocycles.